The van der Waals surface area contributed by atoms with Crippen molar-refractivity contribution in [2.24, 2.45) is 0 Å². The van der Waals surface area contributed by atoms with Gasteiger partial charge >= 0.3 is 0 Å². The Morgan fingerprint density at radius 2 is 0.984 bits per heavy atom. The Morgan fingerprint density at radius 3 is 1.81 bits per heavy atom. The minimum absolute atomic E-state index is 0.463. The van der Waals surface area contributed by atoms with Gasteiger partial charge in [-0.2, -0.15) is 0 Å². The first-order valence-electron chi connectivity index (χ1n) is 21.9. The van der Waals surface area contributed by atoms with Crippen LogP contribution in [0.3, 0.4) is 0 Å². The van der Waals surface area contributed by atoms with Crippen molar-refractivity contribution in [2.45, 2.75) is 5.41 Å². The summed E-state index contributed by atoms with van der Waals surface area (Å²) in [4.78, 5) is 2.47. The second kappa shape index (κ2) is 14.6. The molecule has 1 aliphatic rings. The van der Waals surface area contributed by atoms with E-state index in [1.54, 1.807) is 0 Å². The minimum Gasteiger partial charge on any atom is -0.455 e. The summed E-state index contributed by atoms with van der Waals surface area (Å²) in [7, 11) is 0. The van der Waals surface area contributed by atoms with Gasteiger partial charge in [0, 0.05) is 43.2 Å². The first-order valence-corrected chi connectivity index (χ1v) is 22.7. The molecule has 2 aromatic heterocycles. The summed E-state index contributed by atoms with van der Waals surface area (Å²) in [5.74, 6) is 0. The first kappa shape index (κ1) is 36.7. The third-order valence-corrected chi connectivity index (χ3v) is 14.6. The van der Waals surface area contributed by atoms with Crippen molar-refractivity contribution in [1.29, 1.82) is 0 Å². The molecule has 0 atom stereocenters. The number of rotatable bonds is 7. The quantitative estimate of drug-likeness (QED) is 0.159. The molecule has 300 valence electrons. The maximum absolute atomic E-state index is 6.46. The molecule has 0 N–H and O–H groups in total. The third-order valence-electron chi connectivity index (χ3n) is 13.4. The number of anilines is 3. The molecule has 1 aliphatic carbocycles. The van der Waals surface area contributed by atoms with Crippen LogP contribution in [0.5, 0.6) is 0 Å². The molecular weight excluding hydrogens is 795 g/mol. The van der Waals surface area contributed by atoms with Crippen molar-refractivity contribution < 1.29 is 4.42 Å². The highest BCUT2D eigenvalue weighted by Gasteiger charge is 2.46. The average molecular weight is 834 g/mol. The zero-order chi connectivity index (χ0) is 42.2. The van der Waals surface area contributed by atoms with Crippen molar-refractivity contribution in [1.82, 2.24) is 0 Å². The lowest BCUT2D eigenvalue weighted by Gasteiger charge is -2.34. The Morgan fingerprint density at radius 1 is 0.375 bits per heavy atom. The first-order chi connectivity index (χ1) is 31.7. The van der Waals surface area contributed by atoms with Gasteiger partial charge in [0.15, 0.2) is 0 Å². The average Bonchev–Trinajstić information content (AvgIpc) is 4.04. The lowest BCUT2D eigenvalue weighted by molar-refractivity contribution is 0.670. The van der Waals surface area contributed by atoms with Gasteiger partial charge in [0.2, 0.25) is 0 Å². The largest absolute Gasteiger partial charge is 0.455 e. The number of benzene rings is 10. The molecule has 3 heteroatoms. The van der Waals surface area contributed by atoms with E-state index in [9.17, 15) is 0 Å². The molecule has 0 radical (unpaired) electrons. The van der Waals surface area contributed by atoms with Crippen molar-refractivity contribution in [3.05, 3.63) is 259 Å². The topological polar surface area (TPSA) is 16.4 Å². The summed E-state index contributed by atoms with van der Waals surface area (Å²) < 4.78 is 9.01. The van der Waals surface area contributed by atoms with Crippen LogP contribution in [0.25, 0.3) is 75.5 Å². The minimum atomic E-state index is -0.463. The van der Waals surface area contributed by atoms with Crippen LogP contribution >= 0.6 is 11.3 Å². The second-order valence-electron chi connectivity index (χ2n) is 16.8. The normalized spacial score (nSPS) is 12.8. The zero-order valence-corrected chi connectivity index (χ0v) is 35.6. The molecule has 10 aromatic carbocycles. The highest BCUT2D eigenvalue weighted by Crippen LogP contribution is 2.57. The SMILES string of the molecule is c1ccc(C2(c3ccccc3)c3ccccc3-c3cc(N(c4ccc(-c5cccc(-c6cccc7c6oc6ccccc67)c5)cc4)c4cccc5c4sc4ccccc45)ccc32)cc1. The summed E-state index contributed by atoms with van der Waals surface area (Å²) >= 11 is 1.87. The number of para-hydroxylation sites is 2. The summed E-state index contributed by atoms with van der Waals surface area (Å²) in [6.45, 7) is 0. The molecule has 64 heavy (non-hydrogen) atoms. The molecule has 0 unspecified atom stereocenters. The maximum atomic E-state index is 6.46. The molecule has 0 saturated carbocycles. The Bertz CT molecular complexity index is 3690. The second-order valence-corrected chi connectivity index (χ2v) is 17.8. The van der Waals surface area contributed by atoms with E-state index in [0.29, 0.717) is 0 Å². The predicted molar refractivity (Wildman–Crippen MR) is 269 cm³/mol. The Balaban J connectivity index is 0.976. The van der Waals surface area contributed by atoms with E-state index in [1.807, 2.05) is 23.5 Å². The number of thiophene rings is 1. The maximum Gasteiger partial charge on any atom is 0.143 e. The van der Waals surface area contributed by atoms with Crippen LogP contribution < -0.4 is 4.90 Å². The van der Waals surface area contributed by atoms with Gasteiger partial charge in [0.1, 0.15) is 11.2 Å². The van der Waals surface area contributed by atoms with E-state index in [0.717, 1.165) is 61.3 Å². The lowest BCUT2D eigenvalue weighted by Crippen LogP contribution is -2.28. The van der Waals surface area contributed by atoms with Gasteiger partial charge in [-0.3, -0.25) is 0 Å². The van der Waals surface area contributed by atoms with Crippen LogP contribution in [0.2, 0.25) is 0 Å². The van der Waals surface area contributed by atoms with E-state index in [2.05, 4.69) is 229 Å². The Labute approximate surface area is 375 Å². The summed E-state index contributed by atoms with van der Waals surface area (Å²) in [6.07, 6.45) is 0. The van der Waals surface area contributed by atoms with Crippen LogP contribution in [0.1, 0.15) is 22.3 Å². The van der Waals surface area contributed by atoms with Crippen LogP contribution in [0.4, 0.5) is 17.1 Å². The van der Waals surface area contributed by atoms with Crippen LogP contribution in [-0.4, -0.2) is 0 Å². The van der Waals surface area contributed by atoms with Crippen molar-refractivity contribution in [2.75, 3.05) is 4.90 Å². The fourth-order valence-electron chi connectivity index (χ4n) is 10.6. The van der Waals surface area contributed by atoms with Gasteiger partial charge in [-0.25, -0.2) is 0 Å². The molecule has 0 bridgehead atoms. The molecule has 0 spiro atoms. The molecule has 0 fully saturated rings. The molecule has 13 rings (SSSR count). The monoisotopic (exact) mass is 833 g/mol. The summed E-state index contributed by atoms with van der Waals surface area (Å²) in [5, 5.41) is 4.84. The standard InChI is InChI=1S/C61H39NOS/c1-3-18-43(19-4-1)61(44-20-5-2-6-21-44)54-28-10-7-22-48(54)53-39-46(36-37-55(53)61)62(56-29-15-27-52-50-24-9-12-31-58(50)64-60(52)56)45-34-32-40(33-35-45)41-16-13-17-42(38-41)47-25-14-26-51-49-23-8-11-30-57(49)63-59(47)51/h1-39H. The van der Waals surface area contributed by atoms with E-state index in [1.165, 1.54) is 53.6 Å². The molecule has 0 amide bonds. The molecule has 0 saturated heterocycles. The van der Waals surface area contributed by atoms with Crippen molar-refractivity contribution >= 4 is 70.5 Å². The molecule has 2 nitrogen and oxygen atoms in total. The Kier molecular flexibility index (Phi) is 8.34. The molecule has 0 aliphatic heterocycles. The molecular formula is C61H39NOS. The summed E-state index contributed by atoms with van der Waals surface area (Å²) in [5.41, 5.74) is 16.9. The predicted octanol–water partition coefficient (Wildman–Crippen LogP) is 17.1. The van der Waals surface area contributed by atoms with Crippen LogP contribution in [-0.2, 0) is 5.41 Å². The van der Waals surface area contributed by atoms with Gasteiger partial charge < -0.3 is 9.32 Å². The lowest BCUT2D eigenvalue weighted by atomic mass is 9.68. The molecule has 2 heterocycles. The zero-order valence-electron chi connectivity index (χ0n) is 34.8. The van der Waals surface area contributed by atoms with Gasteiger partial charge in [-0.15, -0.1) is 11.3 Å². The van der Waals surface area contributed by atoms with Gasteiger partial charge in [0.05, 0.1) is 15.8 Å². The van der Waals surface area contributed by atoms with Crippen LogP contribution in [0.15, 0.2) is 241 Å². The number of nitrogens with zero attached hydrogens (tertiary/aromatic N) is 1. The number of hydrogen-bond donors (Lipinski definition) is 0. The number of furan rings is 1. The van der Waals surface area contributed by atoms with E-state index in [4.69, 9.17) is 4.42 Å². The molecule has 12 aromatic rings. The third kappa shape index (κ3) is 5.51. The Hall–Kier alpha value is -7.98. The highest BCUT2D eigenvalue weighted by atomic mass is 32.1. The van der Waals surface area contributed by atoms with Crippen molar-refractivity contribution in [3.63, 3.8) is 0 Å². The van der Waals surface area contributed by atoms with E-state index < -0.39 is 5.41 Å². The fourth-order valence-corrected chi connectivity index (χ4v) is 11.8. The van der Waals surface area contributed by atoms with Gasteiger partial charge in [0.25, 0.3) is 0 Å². The van der Waals surface area contributed by atoms with Gasteiger partial charge in [-0.1, -0.05) is 188 Å². The van der Waals surface area contributed by atoms with Gasteiger partial charge in [-0.05, 0) is 98.6 Å². The van der Waals surface area contributed by atoms with E-state index in [-0.39, 0.29) is 0 Å². The number of fused-ring (bicyclic) bond motifs is 9. The summed E-state index contributed by atoms with van der Waals surface area (Å²) in [6, 6.07) is 86.5. The fraction of sp³-hybridized carbons (Fsp3) is 0.0164. The smallest absolute Gasteiger partial charge is 0.143 e. The van der Waals surface area contributed by atoms with E-state index >= 15 is 0 Å². The number of hydrogen-bond acceptors (Lipinski definition) is 3. The highest BCUT2D eigenvalue weighted by molar-refractivity contribution is 7.26. The van der Waals surface area contributed by atoms with Crippen LogP contribution in [0, 0.1) is 0 Å². The van der Waals surface area contributed by atoms with Crippen molar-refractivity contribution in [3.8, 4) is 33.4 Å².